The molecule has 2 aromatic rings. The average Bonchev–Trinajstić information content (AvgIpc) is 3.28. The molecule has 2 N–H and O–H groups in total. The zero-order chi connectivity index (χ0) is 19.8. The molecule has 160 valence electrons. The second-order valence-electron chi connectivity index (χ2n) is 6.28. The van der Waals surface area contributed by atoms with Crippen LogP contribution in [-0.4, -0.2) is 69.4 Å². The fraction of sp³-hybridized carbons (Fsp3) is 0.474. The Morgan fingerprint density at radius 1 is 1.10 bits per heavy atom. The first-order valence-electron chi connectivity index (χ1n) is 9.25. The van der Waals surface area contributed by atoms with E-state index in [1.165, 1.54) is 0 Å². The second-order valence-corrected chi connectivity index (χ2v) is 7.15. The molecule has 0 bridgehead atoms. The maximum Gasteiger partial charge on any atom is 0.191 e. The van der Waals surface area contributed by atoms with Crippen LogP contribution in [-0.2, 0) is 0 Å². The summed E-state index contributed by atoms with van der Waals surface area (Å²) in [7, 11) is 3.24. The number of nitrogens with zero attached hydrogens (tertiary/aromatic N) is 4. The van der Waals surface area contributed by atoms with Crippen LogP contribution in [0.1, 0.15) is 6.42 Å². The molecule has 1 aliphatic heterocycles. The van der Waals surface area contributed by atoms with E-state index in [1.807, 2.05) is 29.8 Å². The van der Waals surface area contributed by atoms with E-state index in [2.05, 4.69) is 19.8 Å². The van der Waals surface area contributed by atoms with Crippen LogP contribution in [0.5, 0.6) is 17.2 Å². The number of guanidine groups is 1. The van der Waals surface area contributed by atoms with Crippen LogP contribution in [0.25, 0.3) is 0 Å². The number of halogens is 1. The summed E-state index contributed by atoms with van der Waals surface area (Å²) in [6.45, 7) is 4.70. The molecule has 3 rings (SSSR count). The van der Waals surface area contributed by atoms with Crippen molar-refractivity contribution in [3.05, 3.63) is 29.8 Å². The Labute approximate surface area is 192 Å². The van der Waals surface area contributed by atoms with Gasteiger partial charge in [-0.05, 0) is 0 Å². The van der Waals surface area contributed by atoms with Gasteiger partial charge in [0.15, 0.2) is 11.1 Å². The van der Waals surface area contributed by atoms with Crippen LogP contribution in [0.4, 0.5) is 5.13 Å². The number of nitrogens with two attached hydrogens (primary N) is 1. The van der Waals surface area contributed by atoms with Gasteiger partial charge >= 0.3 is 0 Å². The van der Waals surface area contributed by atoms with E-state index in [-0.39, 0.29) is 24.0 Å². The van der Waals surface area contributed by atoms with E-state index < -0.39 is 0 Å². The molecule has 0 saturated carbocycles. The Kier molecular flexibility index (Phi) is 9.58. The highest BCUT2D eigenvalue weighted by Gasteiger charge is 2.19. The summed E-state index contributed by atoms with van der Waals surface area (Å²) in [6.07, 6.45) is 2.62. The first-order chi connectivity index (χ1) is 13.7. The molecule has 1 saturated heterocycles. The number of methoxy groups -OCH3 is 2. The molecule has 0 atom stereocenters. The van der Waals surface area contributed by atoms with Crippen molar-refractivity contribution in [2.24, 2.45) is 10.7 Å². The van der Waals surface area contributed by atoms with Gasteiger partial charge in [-0.2, -0.15) is 0 Å². The van der Waals surface area contributed by atoms with Gasteiger partial charge in [-0.25, -0.2) is 4.98 Å². The highest BCUT2D eigenvalue weighted by Crippen LogP contribution is 2.27. The molecule has 29 heavy (non-hydrogen) atoms. The molecule has 8 nitrogen and oxygen atoms in total. The molecule has 1 aromatic heterocycles. The second kappa shape index (κ2) is 11.9. The van der Waals surface area contributed by atoms with Crippen molar-refractivity contribution in [1.29, 1.82) is 0 Å². The van der Waals surface area contributed by atoms with Crippen LogP contribution in [0.3, 0.4) is 0 Å². The van der Waals surface area contributed by atoms with Crippen LogP contribution in [0.2, 0.25) is 0 Å². The summed E-state index contributed by atoms with van der Waals surface area (Å²) < 4.78 is 16.3. The van der Waals surface area contributed by atoms with Gasteiger partial charge in [0.25, 0.3) is 0 Å². The van der Waals surface area contributed by atoms with Gasteiger partial charge in [0.1, 0.15) is 17.2 Å². The number of aromatic nitrogens is 1. The summed E-state index contributed by atoms with van der Waals surface area (Å²) in [4.78, 5) is 13.3. The molecule has 1 fully saturated rings. The van der Waals surface area contributed by atoms with E-state index in [1.54, 1.807) is 25.6 Å². The number of piperazine rings is 1. The Balaban J connectivity index is 0.00000300. The largest absolute Gasteiger partial charge is 0.496 e. The number of hydrogen-bond acceptors (Lipinski definition) is 7. The van der Waals surface area contributed by atoms with Gasteiger partial charge in [-0.15, -0.1) is 35.3 Å². The summed E-state index contributed by atoms with van der Waals surface area (Å²) in [5, 5.41) is 3.07. The molecule has 0 unspecified atom stereocenters. The smallest absolute Gasteiger partial charge is 0.191 e. The quantitative estimate of drug-likeness (QED) is 0.242. The van der Waals surface area contributed by atoms with E-state index in [0.29, 0.717) is 36.4 Å². The van der Waals surface area contributed by atoms with Gasteiger partial charge in [0.2, 0.25) is 0 Å². The molecule has 0 aliphatic carbocycles. The van der Waals surface area contributed by atoms with Gasteiger partial charge in [-0.1, -0.05) is 0 Å². The van der Waals surface area contributed by atoms with Crippen LogP contribution >= 0.6 is 35.3 Å². The van der Waals surface area contributed by atoms with Crippen molar-refractivity contribution in [2.45, 2.75) is 6.42 Å². The highest BCUT2D eigenvalue weighted by molar-refractivity contribution is 14.0. The van der Waals surface area contributed by atoms with Crippen LogP contribution in [0.15, 0.2) is 34.8 Å². The number of ether oxygens (including phenoxy) is 3. The van der Waals surface area contributed by atoms with Crippen molar-refractivity contribution in [1.82, 2.24) is 9.88 Å². The Bertz CT molecular complexity index is 745. The molecule has 1 aromatic carbocycles. The van der Waals surface area contributed by atoms with E-state index in [0.717, 1.165) is 37.7 Å². The molecule has 0 amide bonds. The third kappa shape index (κ3) is 6.81. The maximum absolute atomic E-state index is 6.15. The fourth-order valence-electron chi connectivity index (χ4n) is 2.91. The maximum atomic E-state index is 6.15. The lowest BCUT2D eigenvalue weighted by atomic mass is 10.3. The lowest BCUT2D eigenvalue weighted by molar-refractivity contribution is 0.307. The number of aliphatic imine (C=N–C) groups is 1. The Morgan fingerprint density at radius 2 is 1.76 bits per heavy atom. The molecular weight excluding hydrogens is 505 g/mol. The highest BCUT2D eigenvalue weighted by atomic mass is 127. The monoisotopic (exact) mass is 533 g/mol. The molecule has 10 heteroatoms. The molecule has 0 spiro atoms. The van der Waals surface area contributed by atoms with Crippen molar-refractivity contribution in [2.75, 3.05) is 58.5 Å². The first-order valence-corrected chi connectivity index (χ1v) is 10.1. The summed E-state index contributed by atoms with van der Waals surface area (Å²) in [6, 6.07) is 5.48. The zero-order valence-corrected chi connectivity index (χ0v) is 19.9. The normalized spacial score (nSPS) is 14.3. The predicted molar refractivity (Wildman–Crippen MR) is 127 cm³/mol. The molecule has 2 heterocycles. The van der Waals surface area contributed by atoms with E-state index in [9.17, 15) is 0 Å². The van der Waals surface area contributed by atoms with Gasteiger partial charge in [0.05, 0.1) is 20.8 Å². The van der Waals surface area contributed by atoms with Crippen molar-refractivity contribution in [3.8, 4) is 17.2 Å². The minimum Gasteiger partial charge on any atom is -0.496 e. The van der Waals surface area contributed by atoms with Crippen molar-refractivity contribution < 1.29 is 14.2 Å². The topological polar surface area (TPSA) is 85.4 Å². The first kappa shape index (κ1) is 23.3. The SMILES string of the molecule is COc1cc(OC)cc(OCCCN=C(N)N2CCN(c3nccs3)CC2)c1.I. The minimum atomic E-state index is 0. The fourth-order valence-corrected chi connectivity index (χ4v) is 3.61. The minimum absolute atomic E-state index is 0. The Morgan fingerprint density at radius 3 is 2.34 bits per heavy atom. The van der Waals surface area contributed by atoms with E-state index in [4.69, 9.17) is 19.9 Å². The standard InChI is InChI=1S/C19H27N5O3S.HI/c1-25-15-12-16(26-2)14-17(13-15)27-10-3-4-21-18(20)23-6-8-24(9-7-23)19-22-5-11-28-19;/h5,11-14H,3-4,6-10H2,1-2H3,(H2,20,21);1H. The summed E-state index contributed by atoms with van der Waals surface area (Å²) >= 11 is 1.67. The molecule has 0 radical (unpaired) electrons. The zero-order valence-electron chi connectivity index (χ0n) is 16.7. The lowest BCUT2D eigenvalue weighted by Crippen LogP contribution is -2.51. The molecule has 1 aliphatic rings. The lowest BCUT2D eigenvalue weighted by Gasteiger charge is -2.35. The van der Waals surface area contributed by atoms with Gasteiger partial charge in [-0.3, -0.25) is 4.99 Å². The van der Waals surface area contributed by atoms with Gasteiger partial charge in [0, 0.05) is 68.9 Å². The number of anilines is 1. The summed E-state index contributed by atoms with van der Waals surface area (Å²) in [5.74, 6) is 2.72. The number of rotatable bonds is 8. The third-order valence-corrected chi connectivity index (χ3v) is 5.30. The van der Waals surface area contributed by atoms with Gasteiger partial charge < -0.3 is 29.7 Å². The van der Waals surface area contributed by atoms with Crippen molar-refractivity contribution >= 4 is 46.4 Å². The number of hydrogen-bond donors (Lipinski definition) is 1. The number of thiazole rings is 1. The summed E-state index contributed by atoms with van der Waals surface area (Å²) in [5.41, 5.74) is 6.15. The number of benzene rings is 1. The van der Waals surface area contributed by atoms with Crippen LogP contribution in [0, 0.1) is 0 Å². The Hall–Kier alpha value is -1.95. The average molecular weight is 533 g/mol. The molecular formula is C19H28IN5O3S. The van der Waals surface area contributed by atoms with Crippen LogP contribution < -0.4 is 24.8 Å². The third-order valence-electron chi connectivity index (χ3n) is 4.46. The van der Waals surface area contributed by atoms with Crippen molar-refractivity contribution in [3.63, 3.8) is 0 Å². The predicted octanol–water partition coefficient (Wildman–Crippen LogP) is 2.68. The van der Waals surface area contributed by atoms with E-state index >= 15 is 0 Å².